The van der Waals surface area contributed by atoms with E-state index in [0.717, 1.165) is 32.0 Å². The summed E-state index contributed by atoms with van der Waals surface area (Å²) in [6.45, 7) is 10.6. The Hall–Kier alpha value is -1.13. The van der Waals surface area contributed by atoms with Crippen molar-refractivity contribution in [2.45, 2.75) is 33.4 Å². The molecular weight excluding hydrogens is 236 g/mol. The minimum Gasteiger partial charge on any atom is -0.370 e. The van der Waals surface area contributed by atoms with Gasteiger partial charge in [-0.05, 0) is 46.1 Å². The molecule has 0 spiro atoms. The second kappa shape index (κ2) is 8.12. The average molecular weight is 264 g/mol. The molecule has 1 unspecified atom stereocenters. The predicted octanol–water partition coefficient (Wildman–Crippen LogP) is 2.29. The van der Waals surface area contributed by atoms with E-state index in [1.807, 2.05) is 6.20 Å². The number of nitrogens with one attached hydrogen (secondary N) is 1. The van der Waals surface area contributed by atoms with Crippen molar-refractivity contribution < 1.29 is 0 Å². The summed E-state index contributed by atoms with van der Waals surface area (Å²) in [5, 5.41) is 3.22. The summed E-state index contributed by atoms with van der Waals surface area (Å²) in [5.74, 6) is 0.954. The molecule has 0 aliphatic rings. The van der Waals surface area contributed by atoms with Crippen LogP contribution in [0, 0.1) is 0 Å². The maximum absolute atomic E-state index is 4.43. The van der Waals surface area contributed by atoms with Crippen molar-refractivity contribution in [2.24, 2.45) is 0 Å². The number of hydrogen-bond acceptors (Lipinski definition) is 4. The monoisotopic (exact) mass is 264 g/mol. The van der Waals surface area contributed by atoms with Crippen molar-refractivity contribution >= 4 is 5.82 Å². The highest BCUT2D eigenvalue weighted by Gasteiger charge is 2.13. The molecule has 0 aliphatic heterocycles. The van der Waals surface area contributed by atoms with Crippen LogP contribution in [0.3, 0.4) is 0 Å². The summed E-state index contributed by atoms with van der Waals surface area (Å²) >= 11 is 0. The van der Waals surface area contributed by atoms with Crippen molar-refractivity contribution in [1.29, 1.82) is 0 Å². The van der Waals surface area contributed by atoms with Gasteiger partial charge in [-0.2, -0.15) is 0 Å². The molecule has 4 heteroatoms. The number of hydrogen-bond donors (Lipinski definition) is 1. The summed E-state index contributed by atoms with van der Waals surface area (Å²) in [7, 11) is 4.24. The van der Waals surface area contributed by atoms with E-state index in [-0.39, 0.29) is 0 Å². The minimum atomic E-state index is 0.549. The molecule has 0 bridgehead atoms. The lowest BCUT2D eigenvalue weighted by Crippen LogP contribution is -2.39. The van der Waals surface area contributed by atoms with Gasteiger partial charge >= 0.3 is 0 Å². The fourth-order valence-corrected chi connectivity index (χ4v) is 2.26. The average Bonchev–Trinajstić information content (AvgIpc) is 2.37. The summed E-state index contributed by atoms with van der Waals surface area (Å²) in [6, 6.07) is 4.77. The molecule has 4 nitrogen and oxygen atoms in total. The van der Waals surface area contributed by atoms with Gasteiger partial charge in [-0.1, -0.05) is 13.0 Å². The minimum absolute atomic E-state index is 0.549. The molecule has 0 aromatic carbocycles. The highest BCUT2D eigenvalue weighted by Crippen LogP contribution is 2.10. The Kier molecular flexibility index (Phi) is 6.81. The van der Waals surface area contributed by atoms with E-state index in [2.05, 4.69) is 67.1 Å². The van der Waals surface area contributed by atoms with Gasteiger partial charge in [0.1, 0.15) is 5.82 Å². The number of rotatable bonds is 8. The summed E-state index contributed by atoms with van der Waals surface area (Å²) in [4.78, 5) is 9.14. The number of likely N-dealkylation sites (N-methyl/N-ethyl adjacent to an activating group) is 2. The van der Waals surface area contributed by atoms with Gasteiger partial charge in [0.2, 0.25) is 0 Å². The lowest BCUT2D eigenvalue weighted by Gasteiger charge is -2.29. The first-order chi connectivity index (χ1) is 9.06. The standard InChI is InChI=1S/C15H28N4/c1-6-16-15-9-8-14(10-17-15)12-19(7-2)13(3)11-18(4)5/h8-10,13H,6-7,11-12H2,1-5H3,(H,16,17). The van der Waals surface area contributed by atoms with Gasteiger partial charge in [-0.25, -0.2) is 4.98 Å². The maximum atomic E-state index is 4.43. The highest BCUT2D eigenvalue weighted by atomic mass is 15.2. The molecule has 1 N–H and O–H groups in total. The first kappa shape index (κ1) is 15.9. The fraction of sp³-hybridized carbons (Fsp3) is 0.667. The molecule has 0 saturated carbocycles. The van der Waals surface area contributed by atoms with Gasteiger partial charge in [0.25, 0.3) is 0 Å². The van der Waals surface area contributed by atoms with Crippen molar-refractivity contribution in [3.05, 3.63) is 23.9 Å². The summed E-state index contributed by atoms with van der Waals surface area (Å²) in [6.07, 6.45) is 1.98. The third-order valence-corrected chi connectivity index (χ3v) is 3.23. The van der Waals surface area contributed by atoms with Crippen LogP contribution in [-0.2, 0) is 6.54 Å². The smallest absolute Gasteiger partial charge is 0.125 e. The topological polar surface area (TPSA) is 31.4 Å². The molecule has 1 aromatic heterocycles. The highest BCUT2D eigenvalue weighted by molar-refractivity contribution is 5.35. The second-order valence-electron chi connectivity index (χ2n) is 5.26. The van der Waals surface area contributed by atoms with Crippen molar-refractivity contribution in [3.63, 3.8) is 0 Å². The van der Waals surface area contributed by atoms with Crippen LogP contribution in [0.4, 0.5) is 5.82 Å². The van der Waals surface area contributed by atoms with Crippen LogP contribution in [0.2, 0.25) is 0 Å². The van der Waals surface area contributed by atoms with Crippen LogP contribution in [-0.4, -0.2) is 54.6 Å². The van der Waals surface area contributed by atoms with Crippen LogP contribution >= 0.6 is 0 Å². The van der Waals surface area contributed by atoms with Crippen molar-refractivity contribution in [3.8, 4) is 0 Å². The van der Waals surface area contributed by atoms with Crippen molar-refractivity contribution in [1.82, 2.24) is 14.8 Å². The van der Waals surface area contributed by atoms with Gasteiger partial charge < -0.3 is 10.2 Å². The first-order valence-electron chi connectivity index (χ1n) is 7.14. The Morgan fingerprint density at radius 2 is 2.00 bits per heavy atom. The third kappa shape index (κ3) is 5.57. The molecule has 0 aliphatic carbocycles. The Balaban J connectivity index is 2.59. The van der Waals surface area contributed by atoms with Crippen LogP contribution in [0.25, 0.3) is 0 Å². The molecule has 0 saturated heterocycles. The van der Waals surface area contributed by atoms with E-state index in [4.69, 9.17) is 0 Å². The largest absolute Gasteiger partial charge is 0.370 e. The van der Waals surface area contributed by atoms with E-state index >= 15 is 0 Å². The zero-order valence-electron chi connectivity index (χ0n) is 13.0. The number of pyridine rings is 1. The molecule has 0 fully saturated rings. The van der Waals surface area contributed by atoms with E-state index < -0.39 is 0 Å². The zero-order valence-corrected chi connectivity index (χ0v) is 13.0. The summed E-state index contributed by atoms with van der Waals surface area (Å²) in [5.41, 5.74) is 1.27. The van der Waals surface area contributed by atoms with Gasteiger partial charge in [0.15, 0.2) is 0 Å². The molecule has 0 amide bonds. The predicted molar refractivity (Wildman–Crippen MR) is 82.5 cm³/mol. The Bertz CT molecular complexity index is 348. The third-order valence-electron chi connectivity index (χ3n) is 3.23. The summed E-state index contributed by atoms with van der Waals surface area (Å²) < 4.78 is 0. The number of nitrogens with zero attached hydrogens (tertiary/aromatic N) is 3. The Morgan fingerprint density at radius 3 is 2.47 bits per heavy atom. The normalized spacial score (nSPS) is 13.0. The van der Waals surface area contributed by atoms with E-state index in [9.17, 15) is 0 Å². The van der Waals surface area contributed by atoms with Crippen LogP contribution in [0.15, 0.2) is 18.3 Å². The van der Waals surface area contributed by atoms with Crippen molar-refractivity contribution in [2.75, 3.05) is 39.0 Å². The van der Waals surface area contributed by atoms with E-state index in [1.165, 1.54) is 5.56 Å². The van der Waals surface area contributed by atoms with Gasteiger partial charge in [0.05, 0.1) is 0 Å². The van der Waals surface area contributed by atoms with E-state index in [1.54, 1.807) is 0 Å². The Labute approximate surface area is 117 Å². The second-order valence-corrected chi connectivity index (χ2v) is 5.26. The lowest BCUT2D eigenvalue weighted by atomic mass is 10.2. The Morgan fingerprint density at radius 1 is 1.26 bits per heavy atom. The van der Waals surface area contributed by atoms with Gasteiger partial charge in [-0.15, -0.1) is 0 Å². The lowest BCUT2D eigenvalue weighted by molar-refractivity contribution is 0.174. The quantitative estimate of drug-likeness (QED) is 0.780. The maximum Gasteiger partial charge on any atom is 0.125 e. The number of anilines is 1. The molecule has 1 atom stereocenters. The fourth-order valence-electron chi connectivity index (χ4n) is 2.26. The molecule has 19 heavy (non-hydrogen) atoms. The van der Waals surface area contributed by atoms with Gasteiger partial charge in [-0.3, -0.25) is 4.90 Å². The van der Waals surface area contributed by atoms with Gasteiger partial charge in [0, 0.05) is 31.9 Å². The molecule has 1 rings (SSSR count). The molecule has 1 aromatic rings. The zero-order chi connectivity index (χ0) is 14.3. The molecule has 0 radical (unpaired) electrons. The molecule has 108 valence electrons. The van der Waals surface area contributed by atoms with Crippen LogP contribution in [0.1, 0.15) is 26.3 Å². The molecular formula is C15H28N4. The first-order valence-corrected chi connectivity index (χ1v) is 7.14. The molecule has 1 heterocycles. The SMILES string of the molecule is CCNc1ccc(CN(CC)C(C)CN(C)C)cn1. The van der Waals surface area contributed by atoms with Crippen LogP contribution < -0.4 is 5.32 Å². The van der Waals surface area contributed by atoms with E-state index in [0.29, 0.717) is 6.04 Å². The number of aromatic nitrogens is 1. The van der Waals surface area contributed by atoms with Crippen LogP contribution in [0.5, 0.6) is 0 Å².